The van der Waals surface area contributed by atoms with E-state index in [9.17, 15) is 0 Å². The molecule has 8 aromatic carbocycles. The van der Waals surface area contributed by atoms with Crippen molar-refractivity contribution < 1.29 is 0 Å². The third kappa shape index (κ3) is 6.22. The van der Waals surface area contributed by atoms with Gasteiger partial charge in [0.05, 0.1) is 16.6 Å². The third-order valence-electron chi connectivity index (χ3n) is 15.0. The Labute approximate surface area is 395 Å². The maximum absolute atomic E-state index is 2.51. The lowest BCUT2D eigenvalue weighted by molar-refractivity contribution is 0.483. The zero-order chi connectivity index (χ0) is 45.5. The molecule has 0 saturated heterocycles. The highest BCUT2D eigenvalue weighted by Gasteiger charge is 2.27. The van der Waals surface area contributed by atoms with Crippen LogP contribution in [0.3, 0.4) is 0 Å². The number of nitrogens with zero attached hydrogens (tertiary/aromatic N) is 3. The average Bonchev–Trinajstić information content (AvgIpc) is 4.06. The van der Waals surface area contributed by atoms with Gasteiger partial charge in [0, 0.05) is 87.8 Å². The smallest absolute Gasteiger partial charge is 0.0541 e. The van der Waals surface area contributed by atoms with E-state index in [-0.39, 0.29) is 10.8 Å². The fourth-order valence-electron chi connectivity index (χ4n) is 11.3. The van der Waals surface area contributed by atoms with Gasteiger partial charge in [0.15, 0.2) is 0 Å². The van der Waals surface area contributed by atoms with Gasteiger partial charge in [-0.2, -0.15) is 0 Å². The summed E-state index contributed by atoms with van der Waals surface area (Å²) in [5.41, 5.74) is 19.4. The second kappa shape index (κ2) is 14.4. The molecule has 0 radical (unpaired) electrons. The lowest BCUT2D eigenvalue weighted by Gasteiger charge is -2.27. The standard InChI is InChI=1S/C63H53N3S/c1-62(2,3)42-21-26-58-49(35-42)47-31-38(17-24-56(47)65(58)44-13-9-8-10-14-44)40-19-29-60-52(33-40)53-34-41(20-30-61(53)67-60)39-18-25-57-48(32-39)50-36-43(63(4,5)6)22-27-59(50)66(57)45-23-28-55-51(37-45)46-15-11-12-16-54(46)64(55)7/h8-20,22-25,27-37H,21,26H2,1-7H3. The Morgan fingerprint density at radius 3 is 1.61 bits per heavy atom. The van der Waals surface area contributed by atoms with E-state index >= 15 is 0 Å². The van der Waals surface area contributed by atoms with Crippen LogP contribution in [-0.2, 0) is 18.9 Å². The first kappa shape index (κ1) is 40.2. The Bertz CT molecular complexity index is 4050. The zero-order valence-electron chi connectivity index (χ0n) is 39.3. The molecule has 4 aromatic heterocycles. The van der Waals surface area contributed by atoms with Gasteiger partial charge in [-0.25, -0.2) is 0 Å². The van der Waals surface area contributed by atoms with Crippen LogP contribution in [0.2, 0.25) is 0 Å². The largest absolute Gasteiger partial charge is 0.344 e. The van der Waals surface area contributed by atoms with Crippen LogP contribution in [0.25, 0.3) is 114 Å². The molecule has 0 amide bonds. The molecular weight excluding hydrogens is 831 g/mol. The molecule has 0 saturated carbocycles. The first-order chi connectivity index (χ1) is 32.4. The Hall–Kier alpha value is -7.14. The van der Waals surface area contributed by atoms with E-state index in [4.69, 9.17) is 0 Å². The molecule has 67 heavy (non-hydrogen) atoms. The minimum absolute atomic E-state index is 0.0250. The molecular formula is C63H53N3S. The zero-order valence-corrected chi connectivity index (χ0v) is 40.1. The number of hydrogen-bond donors (Lipinski definition) is 0. The molecule has 326 valence electrons. The Kier molecular flexibility index (Phi) is 8.65. The predicted molar refractivity (Wildman–Crippen MR) is 290 cm³/mol. The van der Waals surface area contributed by atoms with Crippen LogP contribution < -0.4 is 0 Å². The molecule has 13 rings (SSSR count). The summed E-state index contributed by atoms with van der Waals surface area (Å²) in [7, 11) is 2.17. The topological polar surface area (TPSA) is 14.8 Å². The lowest BCUT2D eigenvalue weighted by Crippen LogP contribution is -2.14. The van der Waals surface area contributed by atoms with Crippen molar-refractivity contribution in [2.75, 3.05) is 0 Å². The molecule has 1 aliphatic rings. The van der Waals surface area contributed by atoms with Crippen molar-refractivity contribution in [2.24, 2.45) is 12.5 Å². The van der Waals surface area contributed by atoms with Gasteiger partial charge in [-0.3, -0.25) is 0 Å². The molecule has 4 heterocycles. The van der Waals surface area contributed by atoms with Crippen molar-refractivity contribution >= 4 is 92.1 Å². The molecule has 12 aromatic rings. The van der Waals surface area contributed by atoms with Gasteiger partial charge in [-0.05, 0) is 149 Å². The summed E-state index contributed by atoms with van der Waals surface area (Å²) in [6.45, 7) is 14.0. The molecule has 0 bridgehead atoms. The summed E-state index contributed by atoms with van der Waals surface area (Å²) in [5.74, 6) is 0. The lowest BCUT2D eigenvalue weighted by atomic mass is 9.79. The Morgan fingerprint density at radius 1 is 0.403 bits per heavy atom. The van der Waals surface area contributed by atoms with E-state index in [2.05, 4.69) is 232 Å². The molecule has 4 heteroatoms. The number of fused-ring (bicyclic) bond motifs is 12. The first-order valence-electron chi connectivity index (χ1n) is 23.8. The van der Waals surface area contributed by atoms with E-state index in [1.807, 2.05) is 11.3 Å². The minimum atomic E-state index is 0.0250. The highest BCUT2D eigenvalue weighted by Crippen LogP contribution is 2.45. The first-order valence-corrected chi connectivity index (χ1v) is 24.7. The number of thiophene rings is 1. The quantitative estimate of drug-likeness (QED) is 0.167. The van der Waals surface area contributed by atoms with Crippen molar-refractivity contribution in [1.82, 2.24) is 13.7 Å². The molecule has 0 N–H and O–H groups in total. The van der Waals surface area contributed by atoms with Crippen molar-refractivity contribution in [3.8, 4) is 33.6 Å². The minimum Gasteiger partial charge on any atom is -0.344 e. The molecule has 0 aliphatic heterocycles. The summed E-state index contributed by atoms with van der Waals surface area (Å²) < 4.78 is 9.93. The van der Waals surface area contributed by atoms with Gasteiger partial charge in [-0.15, -0.1) is 11.3 Å². The second-order valence-electron chi connectivity index (χ2n) is 21.0. The molecule has 1 aliphatic carbocycles. The molecule has 3 nitrogen and oxygen atoms in total. The number of aromatic nitrogens is 3. The van der Waals surface area contributed by atoms with Crippen LogP contribution in [0.5, 0.6) is 0 Å². The Morgan fingerprint density at radius 2 is 0.940 bits per heavy atom. The van der Waals surface area contributed by atoms with Crippen LogP contribution in [0.4, 0.5) is 0 Å². The van der Waals surface area contributed by atoms with E-state index in [0.717, 1.165) is 12.8 Å². The van der Waals surface area contributed by atoms with Crippen LogP contribution in [0.15, 0.2) is 169 Å². The highest BCUT2D eigenvalue weighted by atomic mass is 32.1. The third-order valence-corrected chi connectivity index (χ3v) is 16.1. The summed E-state index contributed by atoms with van der Waals surface area (Å²) >= 11 is 1.89. The van der Waals surface area contributed by atoms with Gasteiger partial charge in [0.2, 0.25) is 0 Å². The van der Waals surface area contributed by atoms with Gasteiger partial charge < -0.3 is 13.7 Å². The second-order valence-corrected chi connectivity index (χ2v) is 22.1. The van der Waals surface area contributed by atoms with Gasteiger partial charge in [-0.1, -0.05) is 120 Å². The molecule has 0 unspecified atom stereocenters. The van der Waals surface area contributed by atoms with Crippen molar-refractivity contribution in [1.29, 1.82) is 0 Å². The molecule has 0 fully saturated rings. The van der Waals surface area contributed by atoms with Crippen molar-refractivity contribution in [2.45, 2.75) is 59.8 Å². The maximum atomic E-state index is 2.51. The van der Waals surface area contributed by atoms with Crippen LogP contribution in [-0.4, -0.2) is 13.7 Å². The number of allylic oxidation sites excluding steroid dienone is 1. The monoisotopic (exact) mass is 883 g/mol. The van der Waals surface area contributed by atoms with E-state index < -0.39 is 0 Å². The number of hydrogen-bond acceptors (Lipinski definition) is 1. The van der Waals surface area contributed by atoms with Crippen molar-refractivity contribution in [3.63, 3.8) is 0 Å². The van der Waals surface area contributed by atoms with Crippen LogP contribution in [0, 0.1) is 5.41 Å². The number of rotatable bonds is 4. The van der Waals surface area contributed by atoms with E-state index in [0.29, 0.717) is 0 Å². The summed E-state index contributed by atoms with van der Waals surface area (Å²) in [5, 5.41) is 9.08. The normalized spacial score (nSPS) is 13.6. The molecule has 0 atom stereocenters. The fraction of sp³-hybridized carbons (Fsp3) is 0.175. The van der Waals surface area contributed by atoms with Crippen LogP contribution >= 0.6 is 11.3 Å². The predicted octanol–water partition coefficient (Wildman–Crippen LogP) is 17.7. The molecule has 0 spiro atoms. The number of para-hydroxylation sites is 2. The summed E-state index contributed by atoms with van der Waals surface area (Å²) in [6.07, 6.45) is 4.64. The summed E-state index contributed by atoms with van der Waals surface area (Å²) in [4.78, 5) is 0. The maximum Gasteiger partial charge on any atom is 0.0541 e. The average molecular weight is 884 g/mol. The van der Waals surface area contributed by atoms with Crippen molar-refractivity contribution in [3.05, 3.63) is 186 Å². The van der Waals surface area contributed by atoms with Gasteiger partial charge in [0.25, 0.3) is 0 Å². The number of benzene rings is 8. The van der Waals surface area contributed by atoms with E-state index in [1.165, 1.54) is 131 Å². The van der Waals surface area contributed by atoms with Crippen LogP contribution in [0.1, 0.15) is 64.8 Å². The Balaban J connectivity index is 0.944. The van der Waals surface area contributed by atoms with Gasteiger partial charge >= 0.3 is 0 Å². The SMILES string of the molecule is Cn1c2ccccc2c2cc(-n3c4ccc(-c5ccc6sc7ccc(-c8ccc9c(c8)c8c(n9-c9ccccc9)CCC(C(C)(C)C)=C8)cc7c6c5)cc4c4cc(C(C)(C)C)ccc43)ccc21. The van der Waals surface area contributed by atoms with Gasteiger partial charge in [0.1, 0.15) is 0 Å². The summed E-state index contributed by atoms with van der Waals surface area (Å²) in [6, 6.07) is 62.2. The number of aryl methyl sites for hydroxylation is 1. The fourth-order valence-corrected chi connectivity index (χ4v) is 12.4. The van der Waals surface area contributed by atoms with E-state index in [1.54, 1.807) is 0 Å². The highest BCUT2D eigenvalue weighted by molar-refractivity contribution is 7.25.